The summed E-state index contributed by atoms with van der Waals surface area (Å²) in [5.41, 5.74) is 4.15. The minimum absolute atomic E-state index is 0.0652. The van der Waals surface area contributed by atoms with Crippen LogP contribution >= 0.6 is 0 Å². The van der Waals surface area contributed by atoms with Crippen molar-refractivity contribution >= 4 is 23.2 Å². The highest BCUT2D eigenvalue weighted by Crippen LogP contribution is 2.37. The fourth-order valence-electron chi connectivity index (χ4n) is 5.41. The van der Waals surface area contributed by atoms with Gasteiger partial charge in [-0.05, 0) is 65.4 Å². The molecule has 2 heterocycles. The Morgan fingerprint density at radius 2 is 1.70 bits per heavy atom. The van der Waals surface area contributed by atoms with Gasteiger partial charge in [0.2, 0.25) is 12.1 Å². The number of aromatic amines is 2. The zero-order valence-corrected chi connectivity index (χ0v) is 26.4. The minimum Gasteiger partial charge on any atom is -0.496 e. The standard InChI is InChI=1S/C33H34FN7O6/c1-17-21(19-12-25(34)24(27(13-19)47-5)16-35-14-20-15-36-32(45)38-29(20)42)8-6-9-22(17)23-10-7-11-26(18(23)2)37-30(43)28-31(44)40(3)33(46)41(4)39-28/h6-13,15,33,35,46H,14,16H2,1-5H3,(H,37,43)(H2,36,38,42,45). The van der Waals surface area contributed by atoms with E-state index in [1.165, 1.54) is 33.5 Å². The monoisotopic (exact) mass is 643 g/mol. The molecule has 0 saturated carbocycles. The molecule has 0 saturated heterocycles. The molecule has 3 aromatic carbocycles. The van der Waals surface area contributed by atoms with Crippen molar-refractivity contribution in [2.24, 2.45) is 5.10 Å². The van der Waals surface area contributed by atoms with E-state index in [4.69, 9.17) is 4.74 Å². The van der Waals surface area contributed by atoms with E-state index in [1.54, 1.807) is 18.2 Å². The minimum atomic E-state index is -1.28. The van der Waals surface area contributed by atoms with Crippen LogP contribution in [0.25, 0.3) is 22.3 Å². The second-order valence-corrected chi connectivity index (χ2v) is 11.0. The number of ether oxygens (including phenoxy) is 1. The Morgan fingerprint density at radius 3 is 2.40 bits per heavy atom. The summed E-state index contributed by atoms with van der Waals surface area (Å²) in [5.74, 6) is -1.61. The summed E-state index contributed by atoms with van der Waals surface area (Å²) in [6, 6.07) is 14.2. The number of carbonyl (C=O) groups is 2. The van der Waals surface area contributed by atoms with Crippen LogP contribution in [0.3, 0.4) is 0 Å². The highest BCUT2D eigenvalue weighted by Gasteiger charge is 2.34. The van der Waals surface area contributed by atoms with Crippen LogP contribution in [-0.4, -0.2) is 70.1 Å². The topological polar surface area (TPSA) is 172 Å². The van der Waals surface area contributed by atoms with E-state index in [0.29, 0.717) is 22.6 Å². The largest absolute Gasteiger partial charge is 0.496 e. The molecule has 47 heavy (non-hydrogen) atoms. The number of methoxy groups -OCH3 is 1. The number of nitrogens with zero attached hydrogens (tertiary/aromatic N) is 3. The first kappa shape index (κ1) is 32.8. The van der Waals surface area contributed by atoms with Crippen LogP contribution in [0.15, 0.2) is 69.4 Å². The van der Waals surface area contributed by atoms with E-state index in [-0.39, 0.29) is 24.4 Å². The molecule has 2 amide bonds. The molecular formula is C33H34FN7O6. The molecule has 1 aromatic heterocycles. The van der Waals surface area contributed by atoms with Gasteiger partial charge in [-0.2, -0.15) is 5.10 Å². The second-order valence-electron chi connectivity index (χ2n) is 11.0. The molecule has 14 heteroatoms. The molecule has 0 spiro atoms. The van der Waals surface area contributed by atoms with Gasteiger partial charge in [0.1, 0.15) is 11.6 Å². The number of aliphatic hydroxyl groups excluding tert-OH is 1. The first-order valence-electron chi connectivity index (χ1n) is 14.6. The highest BCUT2D eigenvalue weighted by atomic mass is 19.1. The average Bonchev–Trinajstić information content (AvgIpc) is 3.04. The summed E-state index contributed by atoms with van der Waals surface area (Å²) < 4.78 is 21.1. The molecule has 0 bridgehead atoms. The van der Waals surface area contributed by atoms with Gasteiger partial charge in [0, 0.05) is 50.2 Å². The van der Waals surface area contributed by atoms with Crippen molar-refractivity contribution in [1.82, 2.24) is 25.2 Å². The lowest BCUT2D eigenvalue weighted by Crippen LogP contribution is -2.55. The molecule has 1 unspecified atom stereocenters. The number of amides is 2. The fraction of sp³-hybridized carbons (Fsp3) is 0.242. The molecule has 4 aromatic rings. The van der Waals surface area contributed by atoms with Gasteiger partial charge in [0.25, 0.3) is 17.4 Å². The summed E-state index contributed by atoms with van der Waals surface area (Å²) >= 11 is 0. The third-order valence-corrected chi connectivity index (χ3v) is 8.08. The second kappa shape index (κ2) is 13.4. The van der Waals surface area contributed by atoms with Crippen molar-refractivity contribution in [3.8, 4) is 28.0 Å². The van der Waals surface area contributed by atoms with Crippen molar-refractivity contribution < 1.29 is 23.8 Å². The lowest BCUT2D eigenvalue weighted by atomic mass is 9.90. The summed E-state index contributed by atoms with van der Waals surface area (Å²) in [5, 5.41) is 20.9. The Bertz CT molecular complexity index is 2020. The lowest BCUT2D eigenvalue weighted by Gasteiger charge is -2.33. The van der Waals surface area contributed by atoms with Gasteiger partial charge >= 0.3 is 5.69 Å². The van der Waals surface area contributed by atoms with Crippen LogP contribution in [0.4, 0.5) is 10.1 Å². The molecule has 5 N–H and O–H groups in total. The van der Waals surface area contributed by atoms with E-state index < -0.39 is 35.2 Å². The Labute approximate surface area is 268 Å². The molecule has 0 aliphatic carbocycles. The zero-order chi connectivity index (χ0) is 34.0. The third-order valence-electron chi connectivity index (χ3n) is 8.08. The van der Waals surface area contributed by atoms with Crippen molar-refractivity contribution in [2.75, 3.05) is 26.5 Å². The fourth-order valence-corrected chi connectivity index (χ4v) is 5.41. The SMILES string of the molecule is COc1cc(-c2cccc(-c3cccc(NC(=O)C4=NN(C)C(O)N(C)C4=O)c3C)c2C)cc(F)c1CNCc1c[nH]c(=O)[nH]c1=O. The number of aliphatic hydroxyl groups is 1. The van der Waals surface area contributed by atoms with Crippen molar-refractivity contribution in [2.45, 2.75) is 33.3 Å². The summed E-state index contributed by atoms with van der Waals surface area (Å²) in [7, 11) is 4.28. The van der Waals surface area contributed by atoms with E-state index in [9.17, 15) is 24.3 Å². The van der Waals surface area contributed by atoms with E-state index in [0.717, 1.165) is 37.7 Å². The van der Waals surface area contributed by atoms with Crippen molar-refractivity contribution in [3.05, 3.63) is 104 Å². The molecule has 0 radical (unpaired) electrons. The number of nitrogens with one attached hydrogen (secondary N) is 4. The van der Waals surface area contributed by atoms with Crippen LogP contribution < -0.4 is 26.6 Å². The first-order valence-corrected chi connectivity index (χ1v) is 14.6. The predicted molar refractivity (Wildman–Crippen MR) is 174 cm³/mol. The van der Waals surface area contributed by atoms with E-state index in [2.05, 4.69) is 25.7 Å². The van der Waals surface area contributed by atoms with Crippen LogP contribution in [-0.2, 0) is 22.7 Å². The lowest BCUT2D eigenvalue weighted by molar-refractivity contribution is -0.149. The Kier molecular flexibility index (Phi) is 9.35. The van der Waals surface area contributed by atoms with Crippen LogP contribution in [0.2, 0.25) is 0 Å². The first-order chi connectivity index (χ1) is 22.4. The molecule has 1 aliphatic heterocycles. The Morgan fingerprint density at radius 1 is 1.02 bits per heavy atom. The van der Waals surface area contributed by atoms with Gasteiger partial charge < -0.3 is 25.5 Å². The normalized spacial score (nSPS) is 14.7. The number of carbonyl (C=O) groups excluding carboxylic acids is 2. The number of hydrogen-bond acceptors (Lipinski definition) is 9. The molecule has 244 valence electrons. The van der Waals surface area contributed by atoms with Gasteiger partial charge in [-0.25, -0.2) is 9.18 Å². The van der Waals surface area contributed by atoms with Crippen molar-refractivity contribution in [1.29, 1.82) is 0 Å². The summed E-state index contributed by atoms with van der Waals surface area (Å²) in [4.78, 5) is 54.5. The van der Waals surface area contributed by atoms with Crippen LogP contribution in [0.5, 0.6) is 5.75 Å². The van der Waals surface area contributed by atoms with Crippen LogP contribution in [0.1, 0.15) is 22.3 Å². The zero-order valence-electron chi connectivity index (χ0n) is 26.4. The van der Waals surface area contributed by atoms with E-state index in [1.807, 2.05) is 38.1 Å². The van der Waals surface area contributed by atoms with Gasteiger partial charge in [0.05, 0.1) is 7.11 Å². The maximum Gasteiger partial charge on any atom is 0.325 e. The summed E-state index contributed by atoms with van der Waals surface area (Å²) in [6.45, 7) is 3.92. The smallest absolute Gasteiger partial charge is 0.325 e. The Hall–Kier alpha value is -5.60. The predicted octanol–water partition coefficient (Wildman–Crippen LogP) is 2.43. The number of aromatic nitrogens is 2. The number of anilines is 1. The number of halogens is 1. The molecule has 1 atom stereocenters. The number of H-pyrrole nitrogens is 2. The third kappa shape index (κ3) is 6.55. The van der Waals surface area contributed by atoms with Gasteiger partial charge in [-0.1, -0.05) is 30.3 Å². The van der Waals surface area contributed by atoms with Gasteiger partial charge in [0.15, 0.2) is 0 Å². The molecule has 5 rings (SSSR count). The maximum absolute atomic E-state index is 15.6. The quantitative estimate of drug-likeness (QED) is 0.185. The van der Waals surface area contributed by atoms with Gasteiger partial charge in [-0.3, -0.25) is 29.3 Å². The maximum atomic E-state index is 15.6. The summed E-state index contributed by atoms with van der Waals surface area (Å²) in [6.07, 6.45) is 0.0309. The van der Waals surface area contributed by atoms with Crippen molar-refractivity contribution in [3.63, 3.8) is 0 Å². The van der Waals surface area contributed by atoms with E-state index >= 15 is 4.39 Å². The van der Waals surface area contributed by atoms with Gasteiger partial charge in [-0.15, -0.1) is 0 Å². The number of hydrazone groups is 1. The number of benzene rings is 3. The average molecular weight is 644 g/mol. The van der Waals surface area contributed by atoms with Crippen LogP contribution in [0, 0.1) is 19.7 Å². The Balaban J connectivity index is 1.41. The molecule has 1 aliphatic rings. The molecule has 13 nitrogen and oxygen atoms in total. The molecule has 0 fully saturated rings. The number of hydrogen-bond donors (Lipinski definition) is 5. The highest BCUT2D eigenvalue weighted by molar-refractivity contribution is 6.67. The number of rotatable bonds is 9. The molecular weight excluding hydrogens is 609 g/mol.